The zero-order chi connectivity index (χ0) is 6.57. The van der Waals surface area contributed by atoms with Crippen molar-refractivity contribution in [2.75, 3.05) is 0 Å². The van der Waals surface area contributed by atoms with Gasteiger partial charge in [-0.15, -0.1) is 0 Å². The van der Waals surface area contributed by atoms with E-state index < -0.39 is 10.7 Å². The molecule has 0 aromatic heterocycles. The van der Waals surface area contributed by atoms with Gasteiger partial charge in [-0.25, -0.2) is 8.42 Å². The Morgan fingerprint density at radius 3 is 2.11 bits per heavy atom. The first-order chi connectivity index (χ1) is 3.68. The molecule has 0 aliphatic heterocycles. The fraction of sp³-hybridized carbons (Fsp3) is 0.750. The number of hydrogen-bond donors (Lipinski definition) is 2. The van der Waals surface area contributed by atoms with E-state index in [0.717, 1.165) is 6.42 Å². The molecule has 0 rings (SSSR count). The van der Waals surface area contributed by atoms with Crippen LogP contribution in [0.5, 0.6) is 0 Å². The molecule has 0 bridgehead atoms. The summed E-state index contributed by atoms with van der Waals surface area (Å²) in [5.41, 5.74) is 0. The van der Waals surface area contributed by atoms with Crippen LogP contribution in [0.1, 0.15) is 19.8 Å². The van der Waals surface area contributed by atoms with E-state index in [1.54, 1.807) is 0 Å². The van der Waals surface area contributed by atoms with Crippen LogP contribution in [0.4, 0.5) is 0 Å². The number of hydrogen-bond acceptors (Lipinski definition) is 3. The van der Waals surface area contributed by atoms with Gasteiger partial charge in [0.05, 0.1) is 0 Å². The molecule has 0 aliphatic rings. The van der Waals surface area contributed by atoms with Crippen LogP contribution in [0, 0.1) is 5.41 Å². The quantitative estimate of drug-likeness (QED) is 0.252. The van der Waals surface area contributed by atoms with Crippen LogP contribution in [0.2, 0.25) is 0 Å². The van der Waals surface area contributed by atoms with Crippen LogP contribution < -0.4 is 0 Å². The molecule has 0 heterocycles. The van der Waals surface area contributed by atoms with E-state index in [1.807, 2.05) is 6.92 Å². The molecule has 50 valence electrons. The second kappa shape index (κ2) is 6.74. The summed E-state index contributed by atoms with van der Waals surface area (Å²) in [5.74, 6) is 0. The van der Waals surface area contributed by atoms with E-state index in [9.17, 15) is 8.42 Å². The fourth-order valence-corrected chi connectivity index (χ4v) is 0.734. The Morgan fingerprint density at radius 1 is 1.56 bits per heavy atom. The van der Waals surface area contributed by atoms with Crippen LogP contribution >= 0.6 is 0 Å². The number of nitrogens with one attached hydrogen (secondary N) is 1. The van der Waals surface area contributed by atoms with Crippen LogP contribution in [-0.4, -0.2) is 43.0 Å². The number of rotatable bonds is 2. The summed E-state index contributed by atoms with van der Waals surface area (Å²) in [6.45, 7) is 1.84. The van der Waals surface area contributed by atoms with Crippen molar-refractivity contribution < 1.29 is 8.42 Å². The summed E-state index contributed by atoms with van der Waals surface area (Å²) >= 11 is 0. The third-order valence-corrected chi connectivity index (χ3v) is 1.37. The van der Waals surface area contributed by atoms with E-state index in [2.05, 4.69) is 0 Å². The van der Waals surface area contributed by atoms with Gasteiger partial charge in [0, 0.05) is 0 Å². The average molecular weight is 159 g/mol. The van der Waals surface area contributed by atoms with Crippen molar-refractivity contribution in [2.45, 2.75) is 19.8 Å². The second-order valence-electron chi connectivity index (χ2n) is 1.45. The molecule has 0 saturated heterocycles. The molecule has 0 saturated carbocycles. The van der Waals surface area contributed by atoms with Gasteiger partial charge in [-0.05, 0) is 12.8 Å². The summed E-state index contributed by atoms with van der Waals surface area (Å²) < 4.78 is 19.8. The molecule has 0 spiro atoms. The van der Waals surface area contributed by atoms with Crippen molar-refractivity contribution >= 4 is 45.3 Å². The third-order valence-electron chi connectivity index (χ3n) is 0.707. The Morgan fingerprint density at radius 2 is 2.00 bits per heavy atom. The van der Waals surface area contributed by atoms with Gasteiger partial charge in [0.2, 0.25) is 0 Å². The fourth-order valence-electron chi connectivity index (χ4n) is 0.328. The van der Waals surface area contributed by atoms with Crippen molar-refractivity contribution in [3.8, 4) is 0 Å². The molecular weight excluding hydrogens is 149 g/mol. The Hall–Kier alpha value is 0.620. The summed E-state index contributed by atoms with van der Waals surface area (Å²) in [7, 11) is -2.58. The van der Waals surface area contributed by atoms with Gasteiger partial charge in [0.25, 0.3) is 0 Å². The van der Waals surface area contributed by atoms with Gasteiger partial charge in [0.1, 0.15) is 5.04 Å². The standard InChI is InChI=1S/C4H9NO2S.Na.H/c1-2-3-4(5)8(6)7;;/h5,8H,2-3H2,1H3;;. The zero-order valence-corrected chi connectivity index (χ0v) is 5.57. The molecule has 0 radical (unpaired) electrons. The first-order valence-corrected chi connectivity index (χ1v) is 3.58. The predicted octanol–water partition coefficient (Wildman–Crippen LogP) is -0.273. The van der Waals surface area contributed by atoms with Gasteiger partial charge in [-0.3, -0.25) is 5.41 Å². The van der Waals surface area contributed by atoms with E-state index >= 15 is 0 Å². The Labute approximate surface area is 78.6 Å². The maximum absolute atomic E-state index is 9.90. The Bertz CT molecular complexity index is 147. The monoisotopic (exact) mass is 159 g/mol. The molecule has 5 heteroatoms. The van der Waals surface area contributed by atoms with Crippen molar-refractivity contribution in [1.82, 2.24) is 0 Å². The normalized spacial score (nSPS) is 8.67. The van der Waals surface area contributed by atoms with E-state index in [0.29, 0.717) is 6.42 Å². The van der Waals surface area contributed by atoms with E-state index in [1.165, 1.54) is 0 Å². The number of thiol groups is 1. The van der Waals surface area contributed by atoms with Gasteiger partial charge in [-0.2, -0.15) is 0 Å². The summed E-state index contributed by atoms with van der Waals surface area (Å²) in [6.07, 6.45) is 1.10. The van der Waals surface area contributed by atoms with Gasteiger partial charge in [0.15, 0.2) is 10.7 Å². The molecule has 0 aromatic carbocycles. The Kier molecular flexibility index (Phi) is 9.21. The predicted molar refractivity (Wildman–Crippen MR) is 40.1 cm³/mol. The third kappa shape index (κ3) is 6.51. The minimum absolute atomic E-state index is 0. The van der Waals surface area contributed by atoms with Gasteiger partial charge in [-0.1, -0.05) is 6.92 Å². The first kappa shape index (κ1) is 12.3. The van der Waals surface area contributed by atoms with Crippen molar-refractivity contribution in [3.63, 3.8) is 0 Å². The van der Waals surface area contributed by atoms with E-state index in [4.69, 9.17) is 5.41 Å². The SMILES string of the molecule is CCCC(=N)[SH](=O)=O.[NaH]. The summed E-state index contributed by atoms with van der Waals surface area (Å²) in [5, 5.41) is 6.58. The van der Waals surface area contributed by atoms with Gasteiger partial charge < -0.3 is 0 Å². The summed E-state index contributed by atoms with van der Waals surface area (Å²) in [4.78, 5) is 0. The molecule has 0 atom stereocenters. The van der Waals surface area contributed by atoms with Crippen LogP contribution in [-0.2, 0) is 10.7 Å². The van der Waals surface area contributed by atoms with Crippen LogP contribution in [0.15, 0.2) is 0 Å². The van der Waals surface area contributed by atoms with Gasteiger partial charge >= 0.3 is 29.6 Å². The molecular formula is C4H10NNaO2S. The molecule has 0 aromatic rings. The van der Waals surface area contributed by atoms with Crippen LogP contribution in [0.3, 0.4) is 0 Å². The average Bonchev–Trinajstić information content (AvgIpc) is 1.67. The second-order valence-corrected chi connectivity index (χ2v) is 2.51. The van der Waals surface area contributed by atoms with Crippen molar-refractivity contribution in [2.24, 2.45) is 0 Å². The van der Waals surface area contributed by atoms with E-state index in [-0.39, 0.29) is 34.6 Å². The molecule has 0 aliphatic carbocycles. The molecule has 0 amide bonds. The molecule has 1 N–H and O–H groups in total. The Balaban J connectivity index is 0. The summed E-state index contributed by atoms with van der Waals surface area (Å²) in [6, 6.07) is 0. The van der Waals surface area contributed by atoms with Crippen molar-refractivity contribution in [1.29, 1.82) is 5.41 Å². The molecule has 0 unspecified atom stereocenters. The molecule has 3 nitrogen and oxygen atoms in total. The van der Waals surface area contributed by atoms with Crippen LogP contribution in [0.25, 0.3) is 0 Å². The van der Waals surface area contributed by atoms with Crippen molar-refractivity contribution in [3.05, 3.63) is 0 Å². The zero-order valence-electron chi connectivity index (χ0n) is 4.68. The topological polar surface area (TPSA) is 58.0 Å². The molecule has 0 fully saturated rings. The minimum atomic E-state index is -2.58. The molecule has 9 heavy (non-hydrogen) atoms. The maximum atomic E-state index is 9.90. The first-order valence-electron chi connectivity index (χ1n) is 2.40.